The fraction of sp³-hybridized carbons (Fsp3) is 0.389. The van der Waals surface area contributed by atoms with Crippen LogP contribution in [-0.2, 0) is 14.2 Å². The Hall–Kier alpha value is -1.60. The molecule has 0 bridgehead atoms. The molecule has 128 valence electrons. The van der Waals surface area contributed by atoms with Gasteiger partial charge in [-0.2, -0.15) is 0 Å². The van der Waals surface area contributed by atoms with Gasteiger partial charge in [-0.15, -0.1) is 11.8 Å². The number of rotatable bonds is 8. The predicted octanol–water partition coefficient (Wildman–Crippen LogP) is 3.15. The van der Waals surface area contributed by atoms with E-state index < -0.39 is 12.3 Å². The summed E-state index contributed by atoms with van der Waals surface area (Å²) in [6.45, 7) is 4.50. The number of aliphatic hydroxyl groups excluding tert-OH is 1. The molecule has 24 heavy (non-hydrogen) atoms. The molecule has 2 aromatic rings. The molecule has 1 unspecified atom stereocenters. The zero-order valence-corrected chi connectivity index (χ0v) is 14.3. The summed E-state index contributed by atoms with van der Waals surface area (Å²) in [6.07, 6.45) is -1.20. The predicted molar refractivity (Wildman–Crippen MR) is 92.4 cm³/mol. The Kier molecular flexibility index (Phi) is 5.73. The van der Waals surface area contributed by atoms with Crippen LogP contribution in [0.2, 0.25) is 0 Å². The van der Waals surface area contributed by atoms with Gasteiger partial charge in [0.2, 0.25) is 6.29 Å². The summed E-state index contributed by atoms with van der Waals surface area (Å²) in [7, 11) is 0. The fourth-order valence-corrected chi connectivity index (χ4v) is 3.62. The molecular weight excluding hydrogens is 328 g/mol. The van der Waals surface area contributed by atoms with E-state index in [-0.39, 0.29) is 0 Å². The number of cyclic esters (lactones) is 1. The van der Waals surface area contributed by atoms with Crippen molar-refractivity contribution in [3.63, 3.8) is 0 Å². The Morgan fingerprint density at radius 2 is 2.00 bits per heavy atom. The zero-order valence-electron chi connectivity index (χ0n) is 13.5. The first-order valence-electron chi connectivity index (χ1n) is 7.95. The number of ether oxygens (including phenoxy) is 3. The maximum atomic E-state index is 12.0. The Labute approximate surface area is 144 Å². The summed E-state index contributed by atoms with van der Waals surface area (Å²) in [6, 6.07) is 9.30. The van der Waals surface area contributed by atoms with E-state index >= 15 is 0 Å². The highest BCUT2D eigenvalue weighted by atomic mass is 32.2. The molecule has 2 aromatic carbocycles. The highest BCUT2D eigenvalue weighted by Crippen LogP contribution is 2.38. The van der Waals surface area contributed by atoms with Crippen molar-refractivity contribution in [1.29, 1.82) is 0 Å². The molecule has 1 aliphatic rings. The van der Waals surface area contributed by atoms with Gasteiger partial charge in [-0.25, -0.2) is 4.79 Å². The van der Waals surface area contributed by atoms with E-state index in [0.29, 0.717) is 37.6 Å². The van der Waals surface area contributed by atoms with Gasteiger partial charge in [0, 0.05) is 28.2 Å². The monoisotopic (exact) mass is 348 g/mol. The molecule has 0 spiro atoms. The second kappa shape index (κ2) is 7.98. The average Bonchev–Trinajstić information content (AvgIpc) is 2.59. The third-order valence-electron chi connectivity index (χ3n) is 3.80. The molecule has 1 aliphatic heterocycles. The summed E-state index contributed by atoms with van der Waals surface area (Å²) in [5, 5.41) is 11.7. The maximum Gasteiger partial charge on any atom is 0.341 e. The topological polar surface area (TPSA) is 65.0 Å². The van der Waals surface area contributed by atoms with Crippen molar-refractivity contribution in [1.82, 2.24) is 0 Å². The minimum absolute atomic E-state index is 0.484. The Morgan fingerprint density at radius 1 is 1.17 bits per heavy atom. The second-order valence-electron chi connectivity index (χ2n) is 5.30. The van der Waals surface area contributed by atoms with Gasteiger partial charge in [-0.1, -0.05) is 18.2 Å². The largest absolute Gasteiger partial charge is 0.428 e. The third-order valence-corrected chi connectivity index (χ3v) is 4.84. The number of esters is 1. The van der Waals surface area contributed by atoms with E-state index in [4.69, 9.17) is 14.2 Å². The third kappa shape index (κ3) is 3.57. The molecule has 3 rings (SSSR count). The first-order valence-corrected chi connectivity index (χ1v) is 8.94. The van der Waals surface area contributed by atoms with Crippen LogP contribution in [0.3, 0.4) is 0 Å². The summed E-state index contributed by atoms with van der Waals surface area (Å²) in [4.78, 5) is 13.0. The van der Waals surface area contributed by atoms with Gasteiger partial charge in [0.05, 0.1) is 25.4 Å². The first-order chi connectivity index (χ1) is 11.7. The quantitative estimate of drug-likeness (QED) is 0.449. The molecule has 6 heteroatoms. The van der Waals surface area contributed by atoms with E-state index in [0.717, 1.165) is 21.4 Å². The molecule has 1 N–H and O–H groups in total. The standard InChI is InChI=1S/C18H20O5S/c1-2-21-8-9-22-10-11-24-15-7-6-14-16-12(15)4-3-5-13(16)17(19)23-18(14)20/h3-7,18,20H,2,8-11H2,1H3. The minimum Gasteiger partial charge on any atom is -0.428 e. The second-order valence-corrected chi connectivity index (χ2v) is 6.43. The van der Waals surface area contributed by atoms with Crippen LogP contribution in [0.5, 0.6) is 0 Å². The number of carbonyl (C=O) groups is 1. The minimum atomic E-state index is -1.20. The first kappa shape index (κ1) is 17.2. The lowest BCUT2D eigenvalue weighted by Gasteiger charge is -2.22. The SMILES string of the molecule is CCOCCOCCSc1ccc2c3c(cccc13)C(=O)OC2O. The molecule has 0 amide bonds. The molecule has 1 heterocycles. The number of benzene rings is 2. The van der Waals surface area contributed by atoms with E-state index in [1.165, 1.54) is 0 Å². The smallest absolute Gasteiger partial charge is 0.341 e. The lowest BCUT2D eigenvalue weighted by Crippen LogP contribution is -2.18. The number of hydrogen-bond donors (Lipinski definition) is 1. The summed E-state index contributed by atoms with van der Waals surface area (Å²) in [5.74, 6) is 0.319. The molecule has 0 radical (unpaired) electrons. The number of hydrogen-bond acceptors (Lipinski definition) is 6. The van der Waals surface area contributed by atoms with Crippen LogP contribution in [0.15, 0.2) is 35.2 Å². The average molecular weight is 348 g/mol. The lowest BCUT2D eigenvalue weighted by atomic mass is 9.97. The van der Waals surface area contributed by atoms with Crippen LogP contribution in [0.25, 0.3) is 10.8 Å². The zero-order chi connectivity index (χ0) is 16.9. The summed E-state index contributed by atoms with van der Waals surface area (Å²) < 4.78 is 15.7. The summed E-state index contributed by atoms with van der Waals surface area (Å²) in [5.41, 5.74) is 1.14. The van der Waals surface area contributed by atoms with Crippen LogP contribution in [0.4, 0.5) is 0 Å². The highest BCUT2D eigenvalue weighted by molar-refractivity contribution is 7.99. The van der Waals surface area contributed by atoms with E-state index in [1.54, 1.807) is 17.8 Å². The fourth-order valence-electron chi connectivity index (χ4n) is 2.71. The van der Waals surface area contributed by atoms with Gasteiger partial charge in [0.15, 0.2) is 0 Å². The van der Waals surface area contributed by atoms with Crippen molar-refractivity contribution in [2.75, 3.05) is 32.2 Å². The normalized spacial score (nSPS) is 16.4. The van der Waals surface area contributed by atoms with Crippen LogP contribution >= 0.6 is 11.8 Å². The van der Waals surface area contributed by atoms with Gasteiger partial charge >= 0.3 is 5.97 Å². The van der Waals surface area contributed by atoms with Crippen molar-refractivity contribution < 1.29 is 24.1 Å². The molecule has 1 atom stereocenters. The molecule has 0 aliphatic carbocycles. The van der Waals surface area contributed by atoms with Gasteiger partial charge in [0.25, 0.3) is 0 Å². The lowest BCUT2D eigenvalue weighted by molar-refractivity contribution is -0.0686. The highest BCUT2D eigenvalue weighted by Gasteiger charge is 2.27. The maximum absolute atomic E-state index is 12.0. The molecule has 5 nitrogen and oxygen atoms in total. The van der Waals surface area contributed by atoms with Gasteiger partial charge in [0.1, 0.15) is 0 Å². The van der Waals surface area contributed by atoms with E-state index in [9.17, 15) is 9.90 Å². The van der Waals surface area contributed by atoms with Gasteiger partial charge in [-0.05, 0) is 24.4 Å². The van der Waals surface area contributed by atoms with Crippen LogP contribution in [0.1, 0.15) is 29.1 Å². The van der Waals surface area contributed by atoms with Crippen LogP contribution < -0.4 is 0 Å². The Morgan fingerprint density at radius 3 is 2.83 bits per heavy atom. The summed E-state index contributed by atoms with van der Waals surface area (Å²) >= 11 is 1.67. The molecular formula is C18H20O5S. The van der Waals surface area contributed by atoms with E-state index in [2.05, 4.69) is 0 Å². The number of carbonyl (C=O) groups excluding carboxylic acids is 1. The van der Waals surface area contributed by atoms with Crippen LogP contribution in [-0.4, -0.2) is 43.3 Å². The van der Waals surface area contributed by atoms with Crippen LogP contribution in [0, 0.1) is 0 Å². The van der Waals surface area contributed by atoms with Crippen molar-refractivity contribution >= 4 is 28.5 Å². The van der Waals surface area contributed by atoms with Crippen molar-refractivity contribution in [2.45, 2.75) is 18.1 Å². The molecule has 0 saturated heterocycles. The molecule has 0 saturated carbocycles. The van der Waals surface area contributed by atoms with Gasteiger partial charge < -0.3 is 19.3 Å². The Balaban J connectivity index is 1.72. The van der Waals surface area contributed by atoms with E-state index in [1.807, 2.05) is 31.2 Å². The Bertz CT molecular complexity index is 731. The number of thioether (sulfide) groups is 1. The van der Waals surface area contributed by atoms with Gasteiger partial charge in [-0.3, -0.25) is 0 Å². The van der Waals surface area contributed by atoms with Crippen molar-refractivity contribution in [3.8, 4) is 0 Å². The van der Waals surface area contributed by atoms with Crippen molar-refractivity contribution in [3.05, 3.63) is 41.5 Å². The molecule has 0 aromatic heterocycles. The van der Waals surface area contributed by atoms with Crippen molar-refractivity contribution in [2.24, 2.45) is 0 Å². The molecule has 0 fully saturated rings. The number of aliphatic hydroxyl groups is 1.